The molecule has 100 valence electrons. The molecule has 1 heterocycles. The van der Waals surface area contributed by atoms with Crippen molar-refractivity contribution >= 4 is 0 Å². The Morgan fingerprint density at radius 1 is 1.28 bits per heavy atom. The van der Waals surface area contributed by atoms with E-state index in [0.29, 0.717) is 18.0 Å². The molecule has 1 aliphatic rings. The Morgan fingerprint density at radius 2 is 1.83 bits per heavy atom. The molecule has 0 bridgehead atoms. The molecule has 0 aromatic carbocycles. The molecule has 1 atom stereocenters. The lowest BCUT2D eigenvalue weighted by Gasteiger charge is -2.28. The highest BCUT2D eigenvalue weighted by atomic mass is 19.4. The molecule has 0 saturated heterocycles. The van der Waals surface area contributed by atoms with E-state index in [9.17, 15) is 13.2 Å². The van der Waals surface area contributed by atoms with Crippen molar-refractivity contribution in [2.75, 3.05) is 6.54 Å². The predicted octanol–water partition coefficient (Wildman–Crippen LogP) is 2.51. The smallest absolute Gasteiger partial charge is 0.330 e. The van der Waals surface area contributed by atoms with Crippen molar-refractivity contribution in [1.29, 1.82) is 0 Å². The summed E-state index contributed by atoms with van der Waals surface area (Å²) < 4.78 is 37.1. The van der Waals surface area contributed by atoms with Crippen LogP contribution >= 0.6 is 0 Å². The van der Waals surface area contributed by atoms with E-state index in [-0.39, 0.29) is 5.41 Å². The Bertz CT molecular complexity index is 412. The molecule has 2 rings (SSSR count). The van der Waals surface area contributed by atoms with Gasteiger partial charge >= 0.3 is 6.18 Å². The maximum absolute atomic E-state index is 12.4. The highest BCUT2D eigenvalue weighted by Gasteiger charge is 2.37. The summed E-state index contributed by atoms with van der Waals surface area (Å²) in [5, 5.41) is 0. The molecule has 0 radical (unpaired) electrons. The maximum Gasteiger partial charge on any atom is 0.451 e. The van der Waals surface area contributed by atoms with Crippen molar-refractivity contribution in [1.82, 2.24) is 9.97 Å². The highest BCUT2D eigenvalue weighted by Crippen LogP contribution is 2.41. The molecule has 0 unspecified atom stereocenters. The summed E-state index contributed by atoms with van der Waals surface area (Å²) in [6.45, 7) is 2.34. The number of nitrogens with zero attached hydrogens (tertiary/aromatic N) is 2. The third kappa shape index (κ3) is 2.80. The zero-order chi connectivity index (χ0) is 13.4. The molecule has 1 aromatic rings. The van der Waals surface area contributed by atoms with Crippen LogP contribution in [0.15, 0.2) is 12.4 Å². The van der Waals surface area contributed by atoms with E-state index in [1.807, 2.05) is 6.92 Å². The molecular weight excluding hydrogens is 243 g/mol. The normalized spacial score (nSPS) is 19.6. The van der Waals surface area contributed by atoms with E-state index < -0.39 is 12.0 Å². The lowest BCUT2D eigenvalue weighted by atomic mass is 9.79. The highest BCUT2D eigenvalue weighted by molar-refractivity contribution is 5.20. The molecule has 6 heteroatoms. The lowest BCUT2D eigenvalue weighted by molar-refractivity contribution is -0.145. The second-order valence-electron chi connectivity index (χ2n) is 5.21. The minimum Gasteiger partial charge on any atom is -0.330 e. The van der Waals surface area contributed by atoms with Crippen LogP contribution in [-0.4, -0.2) is 16.5 Å². The Hall–Kier alpha value is -1.17. The fraction of sp³-hybridized carbons (Fsp3) is 0.667. The van der Waals surface area contributed by atoms with Gasteiger partial charge in [-0.05, 0) is 17.9 Å². The fourth-order valence-electron chi connectivity index (χ4n) is 2.06. The Balaban J connectivity index is 2.21. The number of hydrogen-bond acceptors (Lipinski definition) is 3. The van der Waals surface area contributed by atoms with Gasteiger partial charge < -0.3 is 5.73 Å². The average Bonchev–Trinajstić information content (AvgIpc) is 3.12. The van der Waals surface area contributed by atoms with Crippen molar-refractivity contribution < 1.29 is 13.2 Å². The van der Waals surface area contributed by atoms with Crippen LogP contribution in [-0.2, 0) is 11.6 Å². The van der Waals surface area contributed by atoms with Gasteiger partial charge in [-0.15, -0.1) is 0 Å². The van der Waals surface area contributed by atoms with Crippen molar-refractivity contribution in [3.8, 4) is 0 Å². The topological polar surface area (TPSA) is 51.8 Å². The van der Waals surface area contributed by atoms with Crippen LogP contribution < -0.4 is 5.73 Å². The Morgan fingerprint density at radius 3 is 2.22 bits per heavy atom. The van der Waals surface area contributed by atoms with Crippen LogP contribution in [0.25, 0.3) is 0 Å². The van der Waals surface area contributed by atoms with Crippen molar-refractivity contribution in [2.24, 2.45) is 11.7 Å². The first-order valence-corrected chi connectivity index (χ1v) is 5.95. The second-order valence-corrected chi connectivity index (χ2v) is 5.21. The maximum atomic E-state index is 12.4. The van der Waals surface area contributed by atoms with E-state index >= 15 is 0 Å². The van der Waals surface area contributed by atoms with Crippen LogP contribution in [0.3, 0.4) is 0 Å². The number of halogens is 3. The van der Waals surface area contributed by atoms with Gasteiger partial charge in [0.25, 0.3) is 0 Å². The summed E-state index contributed by atoms with van der Waals surface area (Å²) in [7, 11) is 0. The molecule has 0 amide bonds. The molecule has 2 N–H and O–H groups in total. The first kappa shape index (κ1) is 13.3. The van der Waals surface area contributed by atoms with E-state index in [0.717, 1.165) is 6.42 Å². The average molecular weight is 259 g/mol. The van der Waals surface area contributed by atoms with Gasteiger partial charge in [-0.2, -0.15) is 13.2 Å². The molecule has 1 aromatic heterocycles. The van der Waals surface area contributed by atoms with Gasteiger partial charge in [0, 0.05) is 24.4 Å². The summed E-state index contributed by atoms with van der Waals surface area (Å²) in [6.07, 6.45) is 1.26. The van der Waals surface area contributed by atoms with Gasteiger partial charge in [0.15, 0.2) is 0 Å². The van der Waals surface area contributed by atoms with Crippen LogP contribution in [0, 0.1) is 5.92 Å². The summed E-state index contributed by atoms with van der Waals surface area (Å²) in [4.78, 5) is 6.80. The first-order valence-electron chi connectivity index (χ1n) is 5.95. The number of aromatic nitrogens is 2. The Kier molecular flexibility index (Phi) is 3.31. The van der Waals surface area contributed by atoms with Crippen LogP contribution in [0.1, 0.15) is 37.6 Å². The second kappa shape index (κ2) is 4.50. The standard InChI is InChI=1S/C12H16F3N3/c1-11(7-16,4-8-2-3-8)9-5-17-10(18-6-9)12(13,14)15/h5-6,8H,2-4,7,16H2,1H3/t11-/m0/s1. The largest absolute Gasteiger partial charge is 0.451 e. The van der Waals surface area contributed by atoms with Crippen molar-refractivity contribution in [3.63, 3.8) is 0 Å². The summed E-state index contributed by atoms with van der Waals surface area (Å²) in [5.41, 5.74) is 6.12. The monoisotopic (exact) mass is 259 g/mol. The van der Waals surface area contributed by atoms with Crippen LogP contribution in [0.2, 0.25) is 0 Å². The molecule has 1 saturated carbocycles. The van der Waals surface area contributed by atoms with Gasteiger partial charge in [-0.3, -0.25) is 0 Å². The van der Waals surface area contributed by atoms with Gasteiger partial charge in [0.2, 0.25) is 5.82 Å². The quantitative estimate of drug-likeness (QED) is 0.903. The van der Waals surface area contributed by atoms with Crippen molar-refractivity contribution in [3.05, 3.63) is 23.8 Å². The number of rotatable bonds is 4. The number of hydrogen-bond donors (Lipinski definition) is 1. The predicted molar refractivity (Wildman–Crippen MR) is 60.8 cm³/mol. The van der Waals surface area contributed by atoms with Crippen LogP contribution in [0.4, 0.5) is 13.2 Å². The SMILES string of the molecule is C[C@@](CN)(CC1CC1)c1cnc(C(F)(F)F)nc1. The molecular formula is C12H16F3N3. The summed E-state index contributed by atoms with van der Waals surface area (Å²) in [6, 6.07) is 0. The van der Waals surface area contributed by atoms with E-state index in [2.05, 4.69) is 9.97 Å². The van der Waals surface area contributed by atoms with Gasteiger partial charge in [0.1, 0.15) is 0 Å². The fourth-order valence-corrected chi connectivity index (χ4v) is 2.06. The number of nitrogens with two attached hydrogens (primary N) is 1. The minimum absolute atomic E-state index is 0.328. The van der Waals surface area contributed by atoms with Crippen molar-refractivity contribution in [2.45, 2.75) is 37.8 Å². The lowest BCUT2D eigenvalue weighted by Crippen LogP contribution is -2.33. The molecule has 1 fully saturated rings. The van der Waals surface area contributed by atoms with E-state index in [1.165, 1.54) is 25.2 Å². The zero-order valence-corrected chi connectivity index (χ0v) is 10.2. The van der Waals surface area contributed by atoms with Crippen LogP contribution in [0.5, 0.6) is 0 Å². The first-order chi connectivity index (χ1) is 8.35. The number of alkyl halides is 3. The zero-order valence-electron chi connectivity index (χ0n) is 10.2. The van der Waals surface area contributed by atoms with E-state index in [1.54, 1.807) is 0 Å². The molecule has 3 nitrogen and oxygen atoms in total. The van der Waals surface area contributed by atoms with E-state index in [4.69, 9.17) is 5.73 Å². The third-order valence-corrected chi connectivity index (χ3v) is 3.49. The summed E-state index contributed by atoms with van der Waals surface area (Å²) in [5.74, 6) is -0.460. The molecule has 18 heavy (non-hydrogen) atoms. The molecule has 1 aliphatic carbocycles. The van der Waals surface area contributed by atoms with Gasteiger partial charge in [0.05, 0.1) is 0 Å². The summed E-state index contributed by atoms with van der Waals surface area (Å²) >= 11 is 0. The van der Waals surface area contributed by atoms with Gasteiger partial charge in [-0.25, -0.2) is 9.97 Å². The van der Waals surface area contributed by atoms with Gasteiger partial charge in [-0.1, -0.05) is 19.8 Å². The Labute approximate surface area is 104 Å². The molecule has 0 aliphatic heterocycles. The minimum atomic E-state index is -4.49. The third-order valence-electron chi connectivity index (χ3n) is 3.49. The molecule has 0 spiro atoms.